The lowest BCUT2D eigenvalue weighted by Gasteiger charge is -2.27. The molecule has 0 saturated heterocycles. The lowest BCUT2D eigenvalue weighted by molar-refractivity contribution is -0.120. The van der Waals surface area contributed by atoms with Crippen LogP contribution in [-0.4, -0.2) is 34.7 Å². The smallest absolute Gasteiger partial charge is 0.234 e. The molecule has 1 aliphatic carbocycles. The highest BCUT2D eigenvalue weighted by Crippen LogP contribution is 2.28. The fourth-order valence-corrected chi connectivity index (χ4v) is 2.48. The second-order valence-electron chi connectivity index (χ2n) is 5.14. The molecule has 0 bridgehead atoms. The Morgan fingerprint density at radius 3 is 2.84 bits per heavy atom. The Bertz CT molecular complexity index is 402. The first kappa shape index (κ1) is 14.0. The van der Waals surface area contributed by atoms with Gasteiger partial charge in [0.2, 0.25) is 5.91 Å². The number of carbonyl (C=O) groups is 1. The molecular formula is C14H21N3O2. The van der Waals surface area contributed by atoms with Gasteiger partial charge in [0.1, 0.15) is 0 Å². The lowest BCUT2D eigenvalue weighted by Crippen LogP contribution is -2.50. The number of aliphatic hydroxyl groups excluding tert-OH is 1. The SMILES string of the molecule is O=C(CNC1(CO)CCCC1)NCc1cccnc1. The third-order valence-corrected chi connectivity index (χ3v) is 3.70. The molecule has 104 valence electrons. The van der Waals surface area contributed by atoms with Gasteiger partial charge in [-0.3, -0.25) is 9.78 Å². The predicted molar refractivity (Wildman–Crippen MR) is 72.4 cm³/mol. The van der Waals surface area contributed by atoms with E-state index < -0.39 is 0 Å². The topological polar surface area (TPSA) is 74.2 Å². The van der Waals surface area contributed by atoms with Gasteiger partial charge in [0.15, 0.2) is 0 Å². The summed E-state index contributed by atoms with van der Waals surface area (Å²) in [6, 6.07) is 3.77. The summed E-state index contributed by atoms with van der Waals surface area (Å²) in [6.07, 6.45) is 7.56. The third-order valence-electron chi connectivity index (χ3n) is 3.70. The number of hydrogen-bond acceptors (Lipinski definition) is 4. The van der Waals surface area contributed by atoms with Crippen LogP contribution in [0.1, 0.15) is 31.2 Å². The maximum absolute atomic E-state index is 11.8. The van der Waals surface area contributed by atoms with E-state index in [1.165, 1.54) is 0 Å². The van der Waals surface area contributed by atoms with Crippen LogP contribution >= 0.6 is 0 Å². The van der Waals surface area contributed by atoms with Crippen molar-refractivity contribution >= 4 is 5.91 Å². The molecule has 5 nitrogen and oxygen atoms in total. The van der Waals surface area contributed by atoms with E-state index in [-0.39, 0.29) is 24.6 Å². The molecule has 3 N–H and O–H groups in total. The Balaban J connectivity index is 1.72. The van der Waals surface area contributed by atoms with Crippen LogP contribution < -0.4 is 10.6 Å². The molecule has 1 amide bonds. The van der Waals surface area contributed by atoms with Crippen molar-refractivity contribution in [2.45, 2.75) is 37.8 Å². The zero-order valence-corrected chi connectivity index (χ0v) is 11.1. The minimum Gasteiger partial charge on any atom is -0.394 e. The zero-order chi connectivity index (χ0) is 13.6. The Hall–Kier alpha value is -1.46. The minimum atomic E-state index is -0.244. The second kappa shape index (κ2) is 6.63. The minimum absolute atomic E-state index is 0.0522. The van der Waals surface area contributed by atoms with Gasteiger partial charge in [-0.2, -0.15) is 0 Å². The van der Waals surface area contributed by atoms with Gasteiger partial charge in [-0.25, -0.2) is 0 Å². The molecule has 19 heavy (non-hydrogen) atoms. The molecule has 1 heterocycles. The Kier molecular flexibility index (Phi) is 4.87. The molecule has 1 fully saturated rings. The van der Waals surface area contributed by atoms with Crippen molar-refractivity contribution in [3.63, 3.8) is 0 Å². The molecule has 1 saturated carbocycles. The Morgan fingerprint density at radius 2 is 2.21 bits per heavy atom. The van der Waals surface area contributed by atoms with Crippen molar-refractivity contribution in [3.05, 3.63) is 30.1 Å². The number of aliphatic hydroxyl groups is 1. The van der Waals surface area contributed by atoms with Gasteiger partial charge in [0.25, 0.3) is 0 Å². The monoisotopic (exact) mass is 263 g/mol. The van der Waals surface area contributed by atoms with Crippen LogP contribution in [0.25, 0.3) is 0 Å². The second-order valence-corrected chi connectivity index (χ2v) is 5.14. The lowest BCUT2D eigenvalue weighted by atomic mass is 9.99. The first-order valence-corrected chi connectivity index (χ1v) is 6.76. The summed E-state index contributed by atoms with van der Waals surface area (Å²) in [5.74, 6) is -0.0522. The summed E-state index contributed by atoms with van der Waals surface area (Å²) in [4.78, 5) is 15.8. The Morgan fingerprint density at radius 1 is 1.42 bits per heavy atom. The number of aromatic nitrogens is 1. The van der Waals surface area contributed by atoms with Crippen molar-refractivity contribution in [1.29, 1.82) is 0 Å². The summed E-state index contributed by atoms with van der Waals surface area (Å²) in [5, 5.41) is 15.5. The van der Waals surface area contributed by atoms with Gasteiger partial charge in [-0.15, -0.1) is 0 Å². The zero-order valence-electron chi connectivity index (χ0n) is 11.1. The van der Waals surface area contributed by atoms with E-state index in [2.05, 4.69) is 15.6 Å². The van der Waals surface area contributed by atoms with Crippen molar-refractivity contribution in [3.8, 4) is 0 Å². The average molecular weight is 263 g/mol. The molecule has 5 heteroatoms. The summed E-state index contributed by atoms with van der Waals surface area (Å²) in [7, 11) is 0. The summed E-state index contributed by atoms with van der Waals surface area (Å²) in [5.41, 5.74) is 0.736. The molecule has 2 rings (SSSR count). The first-order chi connectivity index (χ1) is 9.24. The van der Waals surface area contributed by atoms with Crippen LogP contribution in [0.4, 0.5) is 0 Å². The van der Waals surface area contributed by atoms with Crippen molar-refractivity contribution < 1.29 is 9.90 Å². The molecule has 1 aromatic heterocycles. The molecule has 0 aromatic carbocycles. The molecule has 1 aliphatic rings. The number of nitrogens with one attached hydrogen (secondary N) is 2. The molecule has 1 aromatic rings. The normalized spacial score (nSPS) is 17.3. The average Bonchev–Trinajstić information content (AvgIpc) is 2.93. The number of amides is 1. The summed E-state index contributed by atoms with van der Waals surface area (Å²) >= 11 is 0. The van der Waals surface area contributed by atoms with E-state index >= 15 is 0 Å². The number of carbonyl (C=O) groups excluding carboxylic acids is 1. The van der Waals surface area contributed by atoms with Crippen molar-refractivity contribution in [2.24, 2.45) is 0 Å². The fourth-order valence-electron chi connectivity index (χ4n) is 2.48. The van der Waals surface area contributed by atoms with Gasteiger partial charge in [-0.05, 0) is 24.5 Å². The quantitative estimate of drug-likeness (QED) is 0.702. The van der Waals surface area contributed by atoms with Gasteiger partial charge in [-0.1, -0.05) is 18.9 Å². The van der Waals surface area contributed by atoms with Crippen LogP contribution in [0.3, 0.4) is 0 Å². The number of nitrogens with zero attached hydrogens (tertiary/aromatic N) is 1. The highest BCUT2D eigenvalue weighted by atomic mass is 16.3. The van der Waals surface area contributed by atoms with E-state index in [1.54, 1.807) is 12.4 Å². The van der Waals surface area contributed by atoms with Crippen LogP contribution in [0.15, 0.2) is 24.5 Å². The summed E-state index contributed by atoms with van der Waals surface area (Å²) in [6.45, 7) is 0.837. The number of pyridine rings is 1. The van der Waals surface area contributed by atoms with Gasteiger partial charge < -0.3 is 15.7 Å². The summed E-state index contributed by atoms with van der Waals surface area (Å²) < 4.78 is 0. The van der Waals surface area contributed by atoms with Crippen molar-refractivity contribution in [1.82, 2.24) is 15.6 Å². The molecule has 0 spiro atoms. The van der Waals surface area contributed by atoms with Crippen LogP contribution in [0, 0.1) is 0 Å². The number of rotatable bonds is 6. The molecular weight excluding hydrogens is 242 g/mol. The molecule has 0 aliphatic heterocycles. The van der Waals surface area contributed by atoms with E-state index in [0.717, 1.165) is 31.2 Å². The highest BCUT2D eigenvalue weighted by Gasteiger charge is 2.32. The van der Waals surface area contributed by atoms with Crippen molar-refractivity contribution in [2.75, 3.05) is 13.2 Å². The number of hydrogen-bond donors (Lipinski definition) is 3. The first-order valence-electron chi connectivity index (χ1n) is 6.76. The van der Waals surface area contributed by atoms with E-state index in [9.17, 15) is 9.90 Å². The maximum Gasteiger partial charge on any atom is 0.234 e. The molecule has 0 unspecified atom stereocenters. The highest BCUT2D eigenvalue weighted by molar-refractivity contribution is 5.78. The van der Waals surface area contributed by atoms with Gasteiger partial charge >= 0.3 is 0 Å². The van der Waals surface area contributed by atoms with Crippen LogP contribution in [-0.2, 0) is 11.3 Å². The standard InChI is InChI=1S/C14H21N3O2/c18-11-14(5-1-2-6-14)17-10-13(19)16-9-12-4-3-7-15-8-12/h3-4,7-8,17-18H,1-2,5-6,9-11H2,(H,16,19). The van der Waals surface area contributed by atoms with E-state index in [4.69, 9.17) is 0 Å². The Labute approximate surface area is 113 Å². The van der Waals surface area contributed by atoms with Crippen LogP contribution in [0.5, 0.6) is 0 Å². The third kappa shape index (κ3) is 4.01. The van der Waals surface area contributed by atoms with E-state index in [0.29, 0.717) is 6.54 Å². The van der Waals surface area contributed by atoms with Gasteiger partial charge in [0, 0.05) is 24.5 Å². The fraction of sp³-hybridized carbons (Fsp3) is 0.571. The van der Waals surface area contributed by atoms with Gasteiger partial charge in [0.05, 0.1) is 13.2 Å². The maximum atomic E-state index is 11.8. The largest absolute Gasteiger partial charge is 0.394 e. The molecule has 0 radical (unpaired) electrons. The predicted octanol–water partition coefficient (Wildman–Crippen LogP) is 0.592. The van der Waals surface area contributed by atoms with E-state index in [1.807, 2.05) is 12.1 Å². The molecule has 0 atom stereocenters. The van der Waals surface area contributed by atoms with Crippen LogP contribution in [0.2, 0.25) is 0 Å².